The van der Waals surface area contributed by atoms with Crippen molar-refractivity contribution < 1.29 is 4.74 Å². The van der Waals surface area contributed by atoms with E-state index in [1.165, 1.54) is 16.8 Å². The van der Waals surface area contributed by atoms with Crippen molar-refractivity contribution >= 4 is 11.8 Å². The van der Waals surface area contributed by atoms with Crippen LogP contribution >= 0.6 is 0 Å². The summed E-state index contributed by atoms with van der Waals surface area (Å²) in [4.78, 5) is 21.2. The lowest BCUT2D eigenvalue weighted by Crippen LogP contribution is -2.47. The zero-order valence-corrected chi connectivity index (χ0v) is 17.9. The molecule has 4 heterocycles. The maximum atomic E-state index is 5.51. The second-order valence-corrected chi connectivity index (χ2v) is 8.08. The van der Waals surface area contributed by atoms with Gasteiger partial charge in [0.2, 0.25) is 5.95 Å². The van der Waals surface area contributed by atoms with Crippen molar-refractivity contribution in [3.63, 3.8) is 0 Å². The van der Waals surface area contributed by atoms with Gasteiger partial charge < -0.3 is 14.5 Å². The molecule has 0 saturated carbocycles. The summed E-state index contributed by atoms with van der Waals surface area (Å²) < 4.78 is 5.51. The number of hydrogen-bond donors (Lipinski definition) is 0. The maximum absolute atomic E-state index is 5.51. The highest BCUT2D eigenvalue weighted by Crippen LogP contribution is 2.25. The van der Waals surface area contributed by atoms with Gasteiger partial charge >= 0.3 is 0 Å². The first-order chi connectivity index (χ1) is 15.3. The summed E-state index contributed by atoms with van der Waals surface area (Å²) in [6, 6.07) is 14.3. The highest BCUT2D eigenvalue weighted by atomic mass is 16.5. The summed E-state index contributed by atoms with van der Waals surface area (Å²) in [6.07, 6.45) is 4.83. The minimum Gasteiger partial charge on any atom is -0.496 e. The Kier molecular flexibility index (Phi) is 5.67. The van der Waals surface area contributed by atoms with Crippen molar-refractivity contribution in [2.45, 2.75) is 19.5 Å². The van der Waals surface area contributed by atoms with Crippen molar-refractivity contribution in [3.8, 4) is 5.75 Å². The van der Waals surface area contributed by atoms with Gasteiger partial charge in [0, 0.05) is 75.8 Å². The Morgan fingerprint density at radius 3 is 2.52 bits per heavy atom. The number of nitrogens with zero attached hydrogens (tertiary/aromatic N) is 6. The monoisotopic (exact) mass is 416 g/mol. The average molecular weight is 417 g/mol. The zero-order valence-electron chi connectivity index (χ0n) is 17.9. The Balaban J connectivity index is 1.22. The molecule has 2 aliphatic rings. The van der Waals surface area contributed by atoms with Crippen LogP contribution in [0.2, 0.25) is 0 Å². The molecule has 31 heavy (non-hydrogen) atoms. The van der Waals surface area contributed by atoms with Gasteiger partial charge in [-0.3, -0.25) is 4.90 Å². The predicted octanol–water partition coefficient (Wildman–Crippen LogP) is 2.77. The molecular weight excluding hydrogens is 388 g/mol. The number of piperazine rings is 1. The first kappa shape index (κ1) is 19.8. The molecule has 0 aliphatic carbocycles. The van der Waals surface area contributed by atoms with Gasteiger partial charge in [-0.1, -0.05) is 24.3 Å². The summed E-state index contributed by atoms with van der Waals surface area (Å²) in [5, 5.41) is 0. The van der Waals surface area contributed by atoms with E-state index in [9.17, 15) is 0 Å². The molecular formula is C24H28N6O. The first-order valence-corrected chi connectivity index (χ1v) is 10.9. The minimum absolute atomic E-state index is 0.859. The summed E-state index contributed by atoms with van der Waals surface area (Å²) in [7, 11) is 1.73. The van der Waals surface area contributed by atoms with Gasteiger partial charge in [0.05, 0.1) is 12.8 Å². The number of methoxy groups -OCH3 is 1. The topological polar surface area (TPSA) is 57.6 Å². The SMILES string of the molecule is COc1ccccc1CN1CCc2nc(N3CCN(c4ccccn4)CC3)ncc2C1. The van der Waals surface area contributed by atoms with E-state index >= 15 is 0 Å². The summed E-state index contributed by atoms with van der Waals surface area (Å²) in [6.45, 7) is 6.44. The van der Waals surface area contributed by atoms with Crippen molar-refractivity contribution in [3.05, 3.63) is 71.7 Å². The molecule has 160 valence electrons. The van der Waals surface area contributed by atoms with Crippen LogP contribution in [0, 0.1) is 0 Å². The van der Waals surface area contributed by atoms with Crippen LogP contribution in [0.15, 0.2) is 54.9 Å². The van der Waals surface area contributed by atoms with Crippen LogP contribution in [0.5, 0.6) is 5.75 Å². The molecule has 7 heteroatoms. The van der Waals surface area contributed by atoms with E-state index in [1.807, 2.05) is 36.7 Å². The van der Waals surface area contributed by atoms with Crippen LogP contribution in [0.1, 0.15) is 16.8 Å². The van der Waals surface area contributed by atoms with E-state index in [4.69, 9.17) is 14.7 Å². The first-order valence-electron chi connectivity index (χ1n) is 10.9. The molecule has 0 bridgehead atoms. The molecule has 1 fully saturated rings. The summed E-state index contributed by atoms with van der Waals surface area (Å²) >= 11 is 0. The predicted molar refractivity (Wildman–Crippen MR) is 122 cm³/mol. The fourth-order valence-electron chi connectivity index (χ4n) is 4.40. The Bertz CT molecular complexity index is 1020. The number of pyridine rings is 1. The van der Waals surface area contributed by atoms with E-state index in [0.717, 1.165) is 69.7 Å². The standard InChI is InChI=1S/C24H28N6O/c1-31-22-7-3-2-6-19(22)17-28-11-9-21-20(18-28)16-26-24(27-21)30-14-12-29(13-15-30)23-8-4-5-10-25-23/h2-8,10,16H,9,11-15,17-18H2,1H3. The third-order valence-electron chi connectivity index (χ3n) is 6.12. The van der Waals surface area contributed by atoms with Gasteiger partial charge in [0.15, 0.2) is 0 Å². The number of anilines is 2. The minimum atomic E-state index is 0.859. The number of para-hydroxylation sites is 1. The number of hydrogen-bond acceptors (Lipinski definition) is 7. The van der Waals surface area contributed by atoms with Gasteiger partial charge in [0.25, 0.3) is 0 Å². The summed E-state index contributed by atoms with van der Waals surface area (Å²) in [5.74, 6) is 2.85. The zero-order chi connectivity index (χ0) is 21.0. The van der Waals surface area contributed by atoms with Crippen molar-refractivity contribution in [1.82, 2.24) is 19.9 Å². The Hall–Kier alpha value is -3.19. The normalized spacial score (nSPS) is 16.8. The highest BCUT2D eigenvalue weighted by molar-refractivity contribution is 5.42. The van der Waals surface area contributed by atoms with Gasteiger partial charge in [-0.25, -0.2) is 15.0 Å². The van der Waals surface area contributed by atoms with Crippen molar-refractivity contribution in [2.24, 2.45) is 0 Å². The highest BCUT2D eigenvalue weighted by Gasteiger charge is 2.23. The van der Waals surface area contributed by atoms with Crippen LogP contribution in [-0.2, 0) is 19.5 Å². The quantitative estimate of drug-likeness (QED) is 0.634. The molecule has 0 atom stereocenters. The van der Waals surface area contributed by atoms with Gasteiger partial charge in [0.1, 0.15) is 11.6 Å². The number of rotatable bonds is 5. The molecule has 2 aliphatic heterocycles. The molecule has 0 N–H and O–H groups in total. The lowest BCUT2D eigenvalue weighted by molar-refractivity contribution is 0.239. The summed E-state index contributed by atoms with van der Waals surface area (Å²) in [5.41, 5.74) is 3.64. The van der Waals surface area contributed by atoms with E-state index < -0.39 is 0 Å². The molecule has 7 nitrogen and oxygen atoms in total. The van der Waals surface area contributed by atoms with E-state index in [-0.39, 0.29) is 0 Å². The van der Waals surface area contributed by atoms with Crippen LogP contribution in [0.25, 0.3) is 0 Å². The Morgan fingerprint density at radius 2 is 1.71 bits per heavy atom. The fraction of sp³-hybridized carbons (Fsp3) is 0.375. The molecule has 1 aromatic carbocycles. The Labute approximate surface area is 183 Å². The molecule has 0 spiro atoms. The van der Waals surface area contributed by atoms with Gasteiger partial charge in [-0.05, 0) is 18.2 Å². The smallest absolute Gasteiger partial charge is 0.225 e. The van der Waals surface area contributed by atoms with Crippen LogP contribution in [-0.4, -0.2) is 59.7 Å². The largest absolute Gasteiger partial charge is 0.496 e. The number of fused-ring (bicyclic) bond motifs is 1. The molecule has 1 saturated heterocycles. The Morgan fingerprint density at radius 1 is 0.903 bits per heavy atom. The number of ether oxygens (including phenoxy) is 1. The maximum Gasteiger partial charge on any atom is 0.225 e. The third kappa shape index (κ3) is 4.32. The van der Waals surface area contributed by atoms with Crippen LogP contribution in [0.3, 0.4) is 0 Å². The van der Waals surface area contributed by atoms with Gasteiger partial charge in [-0.2, -0.15) is 0 Å². The third-order valence-corrected chi connectivity index (χ3v) is 6.12. The van der Waals surface area contributed by atoms with E-state index in [2.05, 4.69) is 37.9 Å². The van der Waals surface area contributed by atoms with Crippen LogP contribution < -0.4 is 14.5 Å². The lowest BCUT2D eigenvalue weighted by atomic mass is 10.1. The van der Waals surface area contributed by atoms with Crippen molar-refractivity contribution in [2.75, 3.05) is 49.6 Å². The molecule has 0 amide bonds. The number of aromatic nitrogens is 3. The fourth-order valence-corrected chi connectivity index (χ4v) is 4.40. The molecule has 0 radical (unpaired) electrons. The average Bonchev–Trinajstić information content (AvgIpc) is 2.85. The molecule has 2 aromatic heterocycles. The van der Waals surface area contributed by atoms with Gasteiger partial charge in [-0.15, -0.1) is 0 Å². The second kappa shape index (κ2) is 8.89. The molecule has 5 rings (SSSR count). The lowest BCUT2D eigenvalue weighted by Gasteiger charge is -2.36. The number of benzene rings is 1. The van der Waals surface area contributed by atoms with Crippen molar-refractivity contribution in [1.29, 1.82) is 0 Å². The van der Waals surface area contributed by atoms with E-state index in [0.29, 0.717) is 0 Å². The molecule has 0 unspecified atom stereocenters. The molecule has 3 aromatic rings. The second-order valence-electron chi connectivity index (χ2n) is 8.08. The van der Waals surface area contributed by atoms with E-state index in [1.54, 1.807) is 7.11 Å². The van der Waals surface area contributed by atoms with Crippen LogP contribution in [0.4, 0.5) is 11.8 Å².